The van der Waals surface area contributed by atoms with Gasteiger partial charge in [-0.2, -0.15) is 31.8 Å². The molecule has 2 aromatic rings. The van der Waals surface area contributed by atoms with Gasteiger partial charge in [0, 0.05) is 25.5 Å². The van der Waals surface area contributed by atoms with E-state index in [0.29, 0.717) is 17.9 Å². The Balaban J connectivity index is 2.23. The zero-order valence-corrected chi connectivity index (χ0v) is 12.7. The molecule has 0 spiro atoms. The van der Waals surface area contributed by atoms with Crippen LogP contribution in [0.25, 0.3) is 5.95 Å². The van der Waals surface area contributed by atoms with Crippen LogP contribution in [0.1, 0.15) is 13.3 Å². The SMILES string of the molecule is CSCCC(C)N(C)c1nc(N)nc(-n2cccn2)n1. The molecular formula is C12H19N7S. The Morgan fingerprint density at radius 1 is 1.40 bits per heavy atom. The summed E-state index contributed by atoms with van der Waals surface area (Å²) in [5.74, 6) is 2.29. The summed E-state index contributed by atoms with van der Waals surface area (Å²) in [5.41, 5.74) is 5.77. The second-order valence-corrected chi connectivity index (χ2v) is 5.47. The smallest absolute Gasteiger partial charge is 0.257 e. The lowest BCUT2D eigenvalue weighted by atomic mass is 10.2. The van der Waals surface area contributed by atoms with Crippen molar-refractivity contribution in [2.45, 2.75) is 19.4 Å². The van der Waals surface area contributed by atoms with Gasteiger partial charge in [0.05, 0.1) is 0 Å². The van der Waals surface area contributed by atoms with Gasteiger partial charge >= 0.3 is 0 Å². The summed E-state index contributed by atoms with van der Waals surface area (Å²) >= 11 is 1.83. The predicted octanol–water partition coefficient (Wildman–Crippen LogP) is 1.22. The minimum absolute atomic E-state index is 0.199. The van der Waals surface area contributed by atoms with Crippen molar-refractivity contribution in [3.63, 3.8) is 0 Å². The summed E-state index contributed by atoms with van der Waals surface area (Å²) in [6, 6.07) is 2.14. The average Bonchev–Trinajstić information content (AvgIpc) is 2.97. The van der Waals surface area contributed by atoms with E-state index in [-0.39, 0.29) is 5.95 Å². The first kappa shape index (κ1) is 14.6. The van der Waals surface area contributed by atoms with Crippen molar-refractivity contribution in [3.05, 3.63) is 18.5 Å². The minimum Gasteiger partial charge on any atom is -0.368 e. The molecule has 0 fully saturated rings. The van der Waals surface area contributed by atoms with E-state index in [0.717, 1.165) is 12.2 Å². The molecule has 2 aromatic heterocycles. The van der Waals surface area contributed by atoms with Crippen LogP contribution in [0.4, 0.5) is 11.9 Å². The summed E-state index contributed by atoms with van der Waals surface area (Å²) in [4.78, 5) is 14.7. The molecule has 1 unspecified atom stereocenters. The zero-order valence-electron chi connectivity index (χ0n) is 11.9. The number of nitrogens with zero attached hydrogens (tertiary/aromatic N) is 6. The van der Waals surface area contributed by atoms with Gasteiger partial charge in [0.2, 0.25) is 11.9 Å². The molecular weight excluding hydrogens is 274 g/mol. The fourth-order valence-electron chi connectivity index (χ4n) is 1.70. The molecule has 20 heavy (non-hydrogen) atoms. The van der Waals surface area contributed by atoms with E-state index in [2.05, 4.69) is 33.2 Å². The molecule has 2 heterocycles. The van der Waals surface area contributed by atoms with E-state index in [1.54, 1.807) is 17.1 Å². The van der Waals surface area contributed by atoms with Crippen molar-refractivity contribution < 1.29 is 0 Å². The van der Waals surface area contributed by atoms with Gasteiger partial charge in [0.1, 0.15) is 0 Å². The number of anilines is 2. The van der Waals surface area contributed by atoms with E-state index in [1.807, 2.05) is 29.8 Å². The van der Waals surface area contributed by atoms with Crippen molar-refractivity contribution >= 4 is 23.7 Å². The Bertz CT molecular complexity index is 543. The van der Waals surface area contributed by atoms with Crippen molar-refractivity contribution in [3.8, 4) is 5.95 Å². The highest BCUT2D eigenvalue weighted by molar-refractivity contribution is 7.98. The Hall–Kier alpha value is -1.83. The fourth-order valence-corrected chi connectivity index (χ4v) is 2.27. The van der Waals surface area contributed by atoms with Crippen LogP contribution in [-0.4, -0.2) is 49.8 Å². The Morgan fingerprint density at radius 3 is 2.85 bits per heavy atom. The van der Waals surface area contributed by atoms with E-state index < -0.39 is 0 Å². The molecule has 8 heteroatoms. The summed E-state index contributed by atoms with van der Waals surface area (Å²) in [5, 5.41) is 4.11. The molecule has 0 aromatic carbocycles. The largest absolute Gasteiger partial charge is 0.368 e. The van der Waals surface area contributed by atoms with Gasteiger partial charge < -0.3 is 10.6 Å². The molecule has 0 aliphatic rings. The van der Waals surface area contributed by atoms with Gasteiger partial charge in [-0.05, 0) is 31.4 Å². The molecule has 0 amide bonds. The highest BCUT2D eigenvalue weighted by Gasteiger charge is 2.15. The van der Waals surface area contributed by atoms with Crippen LogP contribution < -0.4 is 10.6 Å². The van der Waals surface area contributed by atoms with Gasteiger partial charge in [-0.25, -0.2) is 4.68 Å². The summed E-state index contributed by atoms with van der Waals surface area (Å²) in [6.07, 6.45) is 6.60. The molecule has 2 rings (SSSR count). The maximum absolute atomic E-state index is 5.77. The molecule has 108 valence electrons. The third-order valence-electron chi connectivity index (χ3n) is 3.05. The zero-order chi connectivity index (χ0) is 14.5. The minimum atomic E-state index is 0.199. The standard InChI is InChI=1S/C12H19N7S/c1-9(5-8-20-3)18(2)11-15-10(13)16-12(17-11)19-7-4-6-14-19/h4,6-7,9H,5,8H2,1-3H3,(H2,13,15,16,17). The van der Waals surface area contributed by atoms with Crippen molar-refractivity contribution in [2.75, 3.05) is 29.7 Å². The highest BCUT2D eigenvalue weighted by atomic mass is 32.2. The van der Waals surface area contributed by atoms with Crippen LogP contribution in [0.15, 0.2) is 18.5 Å². The maximum atomic E-state index is 5.77. The quantitative estimate of drug-likeness (QED) is 0.857. The lowest BCUT2D eigenvalue weighted by Gasteiger charge is -2.24. The van der Waals surface area contributed by atoms with Gasteiger partial charge in [-0.3, -0.25) is 0 Å². The van der Waals surface area contributed by atoms with Crippen LogP contribution in [0, 0.1) is 0 Å². The van der Waals surface area contributed by atoms with Crippen molar-refractivity contribution in [1.29, 1.82) is 0 Å². The summed E-state index contributed by atoms with van der Waals surface area (Å²) in [6.45, 7) is 2.14. The third kappa shape index (κ3) is 3.38. The number of hydrogen-bond donors (Lipinski definition) is 1. The number of nitrogen functional groups attached to an aromatic ring is 1. The first-order valence-electron chi connectivity index (χ1n) is 6.35. The molecule has 0 aliphatic heterocycles. The lowest BCUT2D eigenvalue weighted by Crippen LogP contribution is -2.31. The van der Waals surface area contributed by atoms with Gasteiger partial charge in [-0.15, -0.1) is 0 Å². The molecule has 2 N–H and O–H groups in total. The monoisotopic (exact) mass is 293 g/mol. The normalized spacial score (nSPS) is 12.3. The number of thioether (sulfide) groups is 1. The van der Waals surface area contributed by atoms with Crippen LogP contribution in [0.3, 0.4) is 0 Å². The number of nitrogens with two attached hydrogens (primary N) is 1. The van der Waals surface area contributed by atoms with Crippen LogP contribution in [0.2, 0.25) is 0 Å². The third-order valence-corrected chi connectivity index (χ3v) is 3.70. The molecule has 0 saturated carbocycles. The molecule has 0 radical (unpaired) electrons. The van der Waals surface area contributed by atoms with Crippen molar-refractivity contribution in [1.82, 2.24) is 24.7 Å². The molecule has 0 bridgehead atoms. The van der Waals surface area contributed by atoms with E-state index in [4.69, 9.17) is 5.73 Å². The van der Waals surface area contributed by atoms with Crippen LogP contribution >= 0.6 is 11.8 Å². The highest BCUT2D eigenvalue weighted by Crippen LogP contribution is 2.15. The fraction of sp³-hybridized carbons (Fsp3) is 0.500. The molecule has 1 atom stereocenters. The first-order chi connectivity index (χ1) is 9.61. The summed E-state index contributed by atoms with van der Waals surface area (Å²) < 4.78 is 1.57. The lowest BCUT2D eigenvalue weighted by molar-refractivity contribution is 0.648. The number of aromatic nitrogens is 5. The van der Waals surface area contributed by atoms with Gasteiger partial charge in [0.25, 0.3) is 5.95 Å². The Morgan fingerprint density at radius 2 is 2.20 bits per heavy atom. The first-order valence-corrected chi connectivity index (χ1v) is 7.74. The van der Waals surface area contributed by atoms with E-state index >= 15 is 0 Å². The van der Waals surface area contributed by atoms with E-state index in [9.17, 15) is 0 Å². The van der Waals surface area contributed by atoms with Crippen LogP contribution in [-0.2, 0) is 0 Å². The average molecular weight is 293 g/mol. The van der Waals surface area contributed by atoms with E-state index in [1.165, 1.54) is 0 Å². The summed E-state index contributed by atoms with van der Waals surface area (Å²) in [7, 11) is 1.96. The number of rotatable bonds is 6. The van der Waals surface area contributed by atoms with Gasteiger partial charge in [-0.1, -0.05) is 0 Å². The maximum Gasteiger partial charge on any atom is 0.257 e. The predicted molar refractivity (Wildman–Crippen MR) is 82.2 cm³/mol. The second-order valence-electron chi connectivity index (χ2n) is 4.49. The second kappa shape index (κ2) is 6.56. The Kier molecular flexibility index (Phi) is 4.78. The van der Waals surface area contributed by atoms with Gasteiger partial charge in [0.15, 0.2) is 0 Å². The molecule has 0 saturated heterocycles. The van der Waals surface area contributed by atoms with Crippen molar-refractivity contribution in [2.24, 2.45) is 0 Å². The number of hydrogen-bond acceptors (Lipinski definition) is 7. The molecule has 0 aliphatic carbocycles. The van der Waals surface area contributed by atoms with Crippen LogP contribution in [0.5, 0.6) is 0 Å². The topological polar surface area (TPSA) is 85.8 Å². The Labute approximate surface area is 122 Å². The molecule has 7 nitrogen and oxygen atoms in total.